The van der Waals surface area contributed by atoms with Gasteiger partial charge in [0.25, 0.3) is 0 Å². The Kier molecular flexibility index (Phi) is 5.02. The molecule has 3 heterocycles. The fourth-order valence-corrected chi connectivity index (χ4v) is 2.89. The lowest BCUT2D eigenvalue weighted by atomic mass is 10.2. The minimum atomic E-state index is -0.607. The molecule has 0 fully saturated rings. The number of aromatic nitrogens is 5. The lowest BCUT2D eigenvalue weighted by molar-refractivity contribution is -0.131. The molecule has 0 N–H and O–H groups in total. The van der Waals surface area contributed by atoms with E-state index in [2.05, 4.69) is 30.1 Å². The molecule has 4 aromatic rings. The molecule has 4 rings (SSSR count). The van der Waals surface area contributed by atoms with Crippen LogP contribution in [0, 0.1) is 5.82 Å². The van der Waals surface area contributed by atoms with Crippen LogP contribution in [0.3, 0.4) is 0 Å². The zero-order valence-electron chi connectivity index (χ0n) is 15.6. The second-order valence-corrected chi connectivity index (χ2v) is 6.14. The standard InChI is InChI=1S/C19H13FN8O2/c1-11(29)30-15-9-23-18(24-17(15)25-27-21)16-13-6-4-8-22-19(13)28(26-16)10-12-5-2-3-7-14(12)20/h2-9H,10H2,1H3. The van der Waals surface area contributed by atoms with E-state index in [0.29, 0.717) is 22.3 Å². The molecule has 148 valence electrons. The Morgan fingerprint density at radius 2 is 2.10 bits per heavy atom. The summed E-state index contributed by atoms with van der Waals surface area (Å²) in [6.45, 7) is 1.35. The van der Waals surface area contributed by atoms with Gasteiger partial charge in [0.05, 0.1) is 18.1 Å². The Labute approximate surface area is 168 Å². The molecule has 0 radical (unpaired) electrons. The van der Waals surface area contributed by atoms with Crippen molar-refractivity contribution in [3.8, 4) is 17.3 Å². The van der Waals surface area contributed by atoms with Crippen molar-refractivity contribution in [2.45, 2.75) is 13.5 Å². The molecule has 1 aromatic carbocycles. The Balaban J connectivity index is 1.84. The predicted octanol–water partition coefficient (Wildman–Crippen LogP) is 3.94. The minimum Gasteiger partial charge on any atom is -0.423 e. The van der Waals surface area contributed by atoms with E-state index >= 15 is 0 Å². The largest absolute Gasteiger partial charge is 0.423 e. The van der Waals surface area contributed by atoms with E-state index < -0.39 is 5.97 Å². The minimum absolute atomic E-state index is 0.0720. The van der Waals surface area contributed by atoms with Crippen molar-refractivity contribution in [2.75, 3.05) is 0 Å². The molecule has 30 heavy (non-hydrogen) atoms. The molecular formula is C19H13FN8O2. The lowest BCUT2D eigenvalue weighted by Crippen LogP contribution is -2.05. The SMILES string of the molecule is CC(=O)Oc1cnc(-c2nn(Cc3ccccc3F)c3ncccc23)nc1N=[N+]=[N-]. The van der Waals surface area contributed by atoms with Gasteiger partial charge in [0.15, 0.2) is 23.0 Å². The average molecular weight is 404 g/mol. The number of esters is 1. The van der Waals surface area contributed by atoms with Crippen molar-refractivity contribution in [3.05, 3.63) is 70.6 Å². The first-order valence-electron chi connectivity index (χ1n) is 8.72. The summed E-state index contributed by atoms with van der Waals surface area (Å²) in [6, 6.07) is 9.89. The van der Waals surface area contributed by atoms with E-state index in [0.717, 1.165) is 0 Å². The molecule has 0 aliphatic rings. The molecule has 0 atom stereocenters. The number of ether oxygens (including phenoxy) is 1. The summed E-state index contributed by atoms with van der Waals surface area (Å²) in [5.74, 6) is -1.05. The van der Waals surface area contributed by atoms with Crippen molar-refractivity contribution in [3.63, 3.8) is 0 Å². The number of pyridine rings is 1. The molecular weight excluding hydrogens is 391 g/mol. The molecule has 0 bridgehead atoms. The first-order chi connectivity index (χ1) is 14.6. The van der Waals surface area contributed by atoms with E-state index in [-0.39, 0.29) is 29.8 Å². The third-order valence-electron chi connectivity index (χ3n) is 4.13. The van der Waals surface area contributed by atoms with Crippen LogP contribution in [-0.4, -0.2) is 30.7 Å². The highest BCUT2D eigenvalue weighted by atomic mass is 19.1. The zero-order valence-corrected chi connectivity index (χ0v) is 15.6. The first kappa shape index (κ1) is 19.0. The van der Waals surface area contributed by atoms with Crippen molar-refractivity contribution in [1.82, 2.24) is 24.7 Å². The van der Waals surface area contributed by atoms with Crippen LogP contribution >= 0.6 is 0 Å². The first-order valence-corrected chi connectivity index (χ1v) is 8.72. The Hall–Kier alpha value is -4.37. The van der Waals surface area contributed by atoms with Gasteiger partial charge in [-0.05, 0) is 28.8 Å². The van der Waals surface area contributed by atoms with E-state index in [1.165, 1.54) is 19.2 Å². The van der Waals surface area contributed by atoms with Gasteiger partial charge in [-0.2, -0.15) is 5.10 Å². The van der Waals surface area contributed by atoms with Crippen LogP contribution in [0.15, 0.2) is 53.9 Å². The summed E-state index contributed by atoms with van der Waals surface area (Å²) < 4.78 is 20.6. The summed E-state index contributed by atoms with van der Waals surface area (Å²) in [5, 5.41) is 8.60. The van der Waals surface area contributed by atoms with Crippen LogP contribution in [0.1, 0.15) is 12.5 Å². The van der Waals surface area contributed by atoms with Crippen LogP contribution in [0.2, 0.25) is 0 Å². The Morgan fingerprint density at radius 3 is 2.87 bits per heavy atom. The Morgan fingerprint density at radius 1 is 1.27 bits per heavy atom. The number of fused-ring (bicyclic) bond motifs is 1. The number of carbonyl (C=O) groups excluding carboxylic acids is 1. The van der Waals surface area contributed by atoms with Crippen LogP contribution in [-0.2, 0) is 11.3 Å². The summed E-state index contributed by atoms with van der Waals surface area (Å²) in [7, 11) is 0. The number of rotatable bonds is 5. The predicted molar refractivity (Wildman–Crippen MR) is 104 cm³/mol. The third-order valence-corrected chi connectivity index (χ3v) is 4.13. The molecule has 0 unspecified atom stereocenters. The summed E-state index contributed by atoms with van der Waals surface area (Å²) in [6.07, 6.45) is 2.83. The van der Waals surface area contributed by atoms with Gasteiger partial charge in [-0.15, -0.1) is 0 Å². The van der Waals surface area contributed by atoms with Gasteiger partial charge in [-0.1, -0.05) is 18.2 Å². The molecule has 0 amide bonds. The topological polar surface area (TPSA) is 132 Å². The van der Waals surface area contributed by atoms with Gasteiger partial charge in [0.1, 0.15) is 11.5 Å². The molecule has 3 aromatic heterocycles. The maximum atomic E-state index is 14.1. The normalized spacial score (nSPS) is 10.6. The average Bonchev–Trinajstić information content (AvgIpc) is 3.09. The molecule has 0 aliphatic heterocycles. The second kappa shape index (κ2) is 7.94. The van der Waals surface area contributed by atoms with Crippen LogP contribution in [0.5, 0.6) is 5.75 Å². The van der Waals surface area contributed by atoms with Gasteiger partial charge >= 0.3 is 5.97 Å². The molecule has 0 saturated carbocycles. The summed E-state index contributed by atoms with van der Waals surface area (Å²) in [4.78, 5) is 26.7. The van der Waals surface area contributed by atoms with Gasteiger partial charge in [-0.3, -0.25) is 4.79 Å². The van der Waals surface area contributed by atoms with Crippen molar-refractivity contribution in [2.24, 2.45) is 5.11 Å². The summed E-state index contributed by atoms with van der Waals surface area (Å²) in [5.41, 5.74) is 10.1. The fourth-order valence-electron chi connectivity index (χ4n) is 2.89. The van der Waals surface area contributed by atoms with Gasteiger partial charge in [0, 0.05) is 23.6 Å². The monoisotopic (exact) mass is 404 g/mol. The van der Waals surface area contributed by atoms with Gasteiger partial charge < -0.3 is 4.74 Å². The zero-order chi connectivity index (χ0) is 21.1. The highest BCUT2D eigenvalue weighted by Crippen LogP contribution is 2.30. The Bertz CT molecular complexity index is 1310. The maximum Gasteiger partial charge on any atom is 0.308 e. The van der Waals surface area contributed by atoms with E-state index in [9.17, 15) is 9.18 Å². The number of hydrogen-bond donors (Lipinski definition) is 0. The molecule has 0 spiro atoms. The number of hydrogen-bond acceptors (Lipinski definition) is 7. The smallest absolute Gasteiger partial charge is 0.308 e. The number of azide groups is 1. The van der Waals surface area contributed by atoms with Crippen molar-refractivity contribution < 1.29 is 13.9 Å². The number of nitrogens with zero attached hydrogens (tertiary/aromatic N) is 8. The quantitative estimate of drug-likeness (QED) is 0.214. The van der Waals surface area contributed by atoms with Crippen molar-refractivity contribution in [1.29, 1.82) is 0 Å². The molecule has 0 aliphatic carbocycles. The highest BCUT2D eigenvalue weighted by Gasteiger charge is 2.18. The lowest BCUT2D eigenvalue weighted by Gasteiger charge is -2.05. The molecule has 11 heteroatoms. The van der Waals surface area contributed by atoms with E-state index in [1.807, 2.05) is 0 Å². The van der Waals surface area contributed by atoms with E-state index in [4.69, 9.17) is 10.3 Å². The van der Waals surface area contributed by atoms with Crippen LogP contribution in [0.4, 0.5) is 10.2 Å². The van der Waals surface area contributed by atoms with Gasteiger partial charge in [-0.25, -0.2) is 24.0 Å². The molecule has 10 nitrogen and oxygen atoms in total. The maximum absolute atomic E-state index is 14.1. The number of carbonyl (C=O) groups is 1. The van der Waals surface area contributed by atoms with Gasteiger partial charge in [0.2, 0.25) is 0 Å². The van der Waals surface area contributed by atoms with Crippen LogP contribution < -0.4 is 4.74 Å². The van der Waals surface area contributed by atoms with Crippen LogP contribution in [0.25, 0.3) is 33.0 Å². The highest BCUT2D eigenvalue weighted by molar-refractivity contribution is 5.89. The number of benzene rings is 1. The van der Waals surface area contributed by atoms with Crippen molar-refractivity contribution >= 4 is 22.8 Å². The van der Waals surface area contributed by atoms with E-state index in [1.54, 1.807) is 41.2 Å². The fraction of sp³-hybridized carbons (Fsp3) is 0.105. The number of halogens is 1. The molecule has 0 saturated heterocycles. The summed E-state index contributed by atoms with van der Waals surface area (Å²) >= 11 is 0. The second-order valence-electron chi connectivity index (χ2n) is 6.14. The third kappa shape index (κ3) is 3.64.